The molecule has 0 saturated carbocycles. The summed E-state index contributed by atoms with van der Waals surface area (Å²) < 4.78 is 0. The second-order valence-corrected chi connectivity index (χ2v) is 3.91. The van der Waals surface area contributed by atoms with E-state index in [9.17, 15) is 0 Å². The molecule has 0 aromatic rings. The number of amidine groups is 1. The van der Waals surface area contributed by atoms with Crippen molar-refractivity contribution in [3.05, 3.63) is 11.0 Å². The van der Waals surface area contributed by atoms with Gasteiger partial charge in [0.2, 0.25) is 0 Å². The van der Waals surface area contributed by atoms with E-state index in [-0.39, 0.29) is 11.9 Å². The molecule has 0 spiro atoms. The Bertz CT molecular complexity index is 198. The summed E-state index contributed by atoms with van der Waals surface area (Å²) in [4.78, 5) is 0. The van der Waals surface area contributed by atoms with Gasteiger partial charge in [0.05, 0.1) is 0 Å². The summed E-state index contributed by atoms with van der Waals surface area (Å²) in [6.07, 6.45) is 0.845. The van der Waals surface area contributed by atoms with Crippen LogP contribution in [-0.4, -0.2) is 17.1 Å². The van der Waals surface area contributed by atoms with Crippen molar-refractivity contribution in [1.82, 2.24) is 0 Å². The van der Waals surface area contributed by atoms with Crippen molar-refractivity contribution in [2.45, 2.75) is 24.6 Å². The van der Waals surface area contributed by atoms with Crippen molar-refractivity contribution in [2.24, 2.45) is 11.5 Å². The van der Waals surface area contributed by atoms with Gasteiger partial charge in [-0.05, 0) is 18.8 Å². The lowest BCUT2D eigenvalue weighted by Crippen LogP contribution is -2.28. The first-order valence-electron chi connectivity index (χ1n) is 3.55. The first-order valence-corrected chi connectivity index (χ1v) is 4.50. The van der Waals surface area contributed by atoms with Crippen LogP contribution in [0.3, 0.4) is 0 Å². The maximum atomic E-state index is 7.18. The fraction of sp³-hybridized carbons (Fsp3) is 0.571. The lowest BCUT2D eigenvalue weighted by Gasteiger charge is -2.12. The monoisotopic (exact) mass is 171 g/mol. The summed E-state index contributed by atoms with van der Waals surface area (Å²) in [6.45, 7) is 1.98. The highest BCUT2D eigenvalue weighted by Crippen LogP contribution is 2.31. The molecule has 0 amide bonds. The third kappa shape index (κ3) is 1.97. The molecule has 0 fully saturated rings. The van der Waals surface area contributed by atoms with Crippen molar-refractivity contribution in [3.63, 3.8) is 0 Å². The van der Waals surface area contributed by atoms with Crippen molar-refractivity contribution in [2.75, 3.05) is 0 Å². The maximum absolute atomic E-state index is 7.18. The van der Waals surface area contributed by atoms with Gasteiger partial charge in [-0.1, -0.05) is 0 Å². The third-order valence-electron chi connectivity index (χ3n) is 1.74. The Kier molecular flexibility index (Phi) is 2.57. The lowest BCUT2D eigenvalue weighted by molar-refractivity contribution is 0.695. The normalized spacial score (nSPS) is 26.4. The molecule has 11 heavy (non-hydrogen) atoms. The van der Waals surface area contributed by atoms with E-state index in [0.29, 0.717) is 5.25 Å². The number of rotatable bonds is 2. The largest absolute Gasteiger partial charge is 0.384 e. The number of nitrogens with two attached hydrogens (primary N) is 2. The molecular weight excluding hydrogens is 158 g/mol. The molecule has 1 aliphatic heterocycles. The zero-order valence-corrected chi connectivity index (χ0v) is 7.32. The number of hydrogen-bond donors (Lipinski definition) is 3. The molecule has 1 heterocycles. The third-order valence-corrected chi connectivity index (χ3v) is 3.10. The second-order valence-electron chi connectivity index (χ2n) is 2.79. The van der Waals surface area contributed by atoms with Crippen molar-refractivity contribution >= 4 is 17.6 Å². The summed E-state index contributed by atoms with van der Waals surface area (Å²) in [7, 11) is 0. The molecule has 0 aromatic heterocycles. The minimum Gasteiger partial charge on any atom is -0.384 e. The predicted molar refractivity (Wildman–Crippen MR) is 49.6 cm³/mol. The molecule has 0 bridgehead atoms. The van der Waals surface area contributed by atoms with Gasteiger partial charge in [-0.25, -0.2) is 0 Å². The molecule has 0 saturated heterocycles. The van der Waals surface area contributed by atoms with Gasteiger partial charge in [0, 0.05) is 16.9 Å². The Labute approximate surface area is 70.7 Å². The lowest BCUT2D eigenvalue weighted by atomic mass is 10.1. The minimum atomic E-state index is 0.174. The molecule has 62 valence electrons. The highest BCUT2D eigenvalue weighted by atomic mass is 32.2. The topological polar surface area (TPSA) is 75.9 Å². The summed E-state index contributed by atoms with van der Waals surface area (Å²) >= 11 is 1.68. The molecule has 0 aliphatic carbocycles. The van der Waals surface area contributed by atoms with Gasteiger partial charge >= 0.3 is 0 Å². The highest BCUT2D eigenvalue weighted by Gasteiger charge is 2.22. The van der Waals surface area contributed by atoms with Crippen LogP contribution in [0.25, 0.3) is 0 Å². The standard InChI is InChI=1S/C7H13N3S/c1-4(8)6-2-5(3-11-6)7(9)10/h3-4,6H,2,8H2,1H3,(H3,9,10)/t4-,6?/m1/s1. The van der Waals surface area contributed by atoms with Crippen LogP contribution in [-0.2, 0) is 0 Å². The minimum absolute atomic E-state index is 0.174. The van der Waals surface area contributed by atoms with Crippen molar-refractivity contribution < 1.29 is 0 Å². The van der Waals surface area contributed by atoms with Gasteiger partial charge in [-0.3, -0.25) is 5.41 Å². The zero-order valence-electron chi connectivity index (χ0n) is 6.50. The number of hydrogen-bond acceptors (Lipinski definition) is 3. The molecule has 2 atom stereocenters. The first-order chi connectivity index (χ1) is 5.11. The molecule has 4 heteroatoms. The van der Waals surface area contributed by atoms with Crippen molar-refractivity contribution in [3.8, 4) is 0 Å². The number of thioether (sulfide) groups is 1. The molecular formula is C7H13N3S. The van der Waals surface area contributed by atoms with Crippen LogP contribution < -0.4 is 11.5 Å². The zero-order chi connectivity index (χ0) is 8.43. The summed E-state index contributed by atoms with van der Waals surface area (Å²) in [5.74, 6) is 0.181. The van der Waals surface area contributed by atoms with E-state index in [1.165, 1.54) is 0 Å². The van der Waals surface area contributed by atoms with Crippen LogP contribution in [0.4, 0.5) is 0 Å². The van der Waals surface area contributed by atoms with E-state index in [1.54, 1.807) is 11.8 Å². The average Bonchev–Trinajstić information content (AvgIpc) is 2.33. The molecule has 1 aliphatic rings. The fourth-order valence-electron chi connectivity index (χ4n) is 0.966. The quantitative estimate of drug-likeness (QED) is 0.422. The van der Waals surface area contributed by atoms with Gasteiger partial charge in [0.1, 0.15) is 5.84 Å². The van der Waals surface area contributed by atoms with Crippen LogP contribution in [0.1, 0.15) is 13.3 Å². The van der Waals surface area contributed by atoms with Crippen LogP contribution in [0.5, 0.6) is 0 Å². The van der Waals surface area contributed by atoms with Crippen molar-refractivity contribution in [1.29, 1.82) is 5.41 Å². The summed E-state index contributed by atoms with van der Waals surface area (Å²) in [5, 5.41) is 9.53. The summed E-state index contributed by atoms with van der Waals surface area (Å²) in [6, 6.07) is 0.174. The van der Waals surface area contributed by atoms with Crippen LogP contribution in [0.2, 0.25) is 0 Å². The predicted octanol–water partition coefficient (Wildman–Crippen LogP) is 0.659. The maximum Gasteiger partial charge on any atom is 0.119 e. The van der Waals surface area contributed by atoms with Gasteiger partial charge < -0.3 is 11.5 Å². The fourth-order valence-corrected chi connectivity index (χ4v) is 2.05. The summed E-state index contributed by atoms with van der Waals surface area (Å²) in [5.41, 5.74) is 11.9. The molecule has 5 N–H and O–H groups in total. The smallest absolute Gasteiger partial charge is 0.119 e. The van der Waals surface area contributed by atoms with Crippen LogP contribution in [0.15, 0.2) is 11.0 Å². The van der Waals surface area contributed by atoms with E-state index in [2.05, 4.69) is 0 Å². The van der Waals surface area contributed by atoms with Gasteiger partial charge in [0.15, 0.2) is 0 Å². The van der Waals surface area contributed by atoms with Gasteiger partial charge in [-0.2, -0.15) is 0 Å². The Morgan fingerprint density at radius 2 is 2.55 bits per heavy atom. The van der Waals surface area contributed by atoms with Gasteiger partial charge in [-0.15, -0.1) is 11.8 Å². The van der Waals surface area contributed by atoms with E-state index in [4.69, 9.17) is 16.9 Å². The highest BCUT2D eigenvalue weighted by molar-refractivity contribution is 8.03. The molecule has 3 nitrogen and oxygen atoms in total. The number of nitrogens with one attached hydrogen (secondary N) is 1. The second kappa shape index (κ2) is 3.28. The van der Waals surface area contributed by atoms with E-state index < -0.39 is 0 Å². The Morgan fingerprint density at radius 3 is 2.82 bits per heavy atom. The van der Waals surface area contributed by atoms with E-state index in [1.807, 2.05) is 12.3 Å². The first kappa shape index (κ1) is 8.62. The van der Waals surface area contributed by atoms with Crippen LogP contribution >= 0.6 is 11.8 Å². The SMILES string of the molecule is C[C@@H](N)C1CC(C(=N)N)=CS1. The Morgan fingerprint density at radius 1 is 1.91 bits per heavy atom. The Balaban J connectivity index is 2.49. The molecule has 0 aromatic carbocycles. The molecule has 1 unspecified atom stereocenters. The average molecular weight is 171 g/mol. The van der Waals surface area contributed by atoms with E-state index in [0.717, 1.165) is 12.0 Å². The molecule has 1 rings (SSSR count). The molecule has 0 radical (unpaired) electrons. The van der Waals surface area contributed by atoms with Gasteiger partial charge in [0.25, 0.3) is 0 Å². The van der Waals surface area contributed by atoms with Crippen LogP contribution in [0, 0.1) is 5.41 Å². The van der Waals surface area contributed by atoms with E-state index >= 15 is 0 Å². The Hall–Kier alpha value is -0.480.